The minimum Gasteiger partial charge on any atom is -0.504 e. The molecule has 3 heteroatoms. The molecule has 2 N–H and O–H groups in total. The molecule has 0 aromatic heterocycles. The number of ether oxygens (including phenoxy) is 1. The Kier molecular flexibility index (Phi) is 6.48. The fourth-order valence-corrected chi connectivity index (χ4v) is 1.77. The van der Waals surface area contributed by atoms with Gasteiger partial charge in [-0.25, -0.2) is 0 Å². The zero-order chi connectivity index (χ0) is 12.5. The highest BCUT2D eigenvalue weighted by molar-refractivity contribution is 5.45. The van der Waals surface area contributed by atoms with Crippen molar-refractivity contribution in [2.24, 2.45) is 0 Å². The van der Waals surface area contributed by atoms with E-state index < -0.39 is 0 Å². The molecule has 0 bridgehead atoms. The molecule has 0 aliphatic rings. The van der Waals surface area contributed by atoms with Crippen molar-refractivity contribution in [1.29, 1.82) is 0 Å². The molecule has 17 heavy (non-hydrogen) atoms. The fourth-order valence-electron chi connectivity index (χ4n) is 1.77. The van der Waals surface area contributed by atoms with Crippen LogP contribution in [-0.4, -0.2) is 18.8 Å². The van der Waals surface area contributed by atoms with Gasteiger partial charge in [-0.1, -0.05) is 38.3 Å². The van der Waals surface area contributed by atoms with E-state index in [0.717, 1.165) is 12.1 Å². The molecule has 1 rings (SSSR count). The van der Waals surface area contributed by atoms with Crippen LogP contribution in [0, 0.1) is 0 Å². The Balaban J connectivity index is 2.31. The van der Waals surface area contributed by atoms with Gasteiger partial charge in [0.2, 0.25) is 0 Å². The minimum absolute atomic E-state index is 0.246. The van der Waals surface area contributed by atoms with Gasteiger partial charge in [0.15, 0.2) is 11.5 Å². The van der Waals surface area contributed by atoms with E-state index in [1.807, 2.05) is 12.1 Å². The van der Waals surface area contributed by atoms with E-state index in [-0.39, 0.29) is 5.75 Å². The van der Waals surface area contributed by atoms with Gasteiger partial charge < -0.3 is 15.2 Å². The van der Waals surface area contributed by atoms with Crippen LogP contribution >= 0.6 is 0 Å². The maximum Gasteiger partial charge on any atom is 0.162 e. The van der Waals surface area contributed by atoms with Crippen molar-refractivity contribution in [2.45, 2.75) is 39.2 Å². The Bertz CT molecular complexity index is 326. The molecule has 0 atom stereocenters. The average Bonchev–Trinajstić information content (AvgIpc) is 2.35. The Labute approximate surface area is 104 Å². The van der Waals surface area contributed by atoms with Crippen molar-refractivity contribution in [2.75, 3.05) is 13.7 Å². The largest absolute Gasteiger partial charge is 0.504 e. The van der Waals surface area contributed by atoms with Gasteiger partial charge in [0.1, 0.15) is 0 Å². The molecule has 0 saturated carbocycles. The summed E-state index contributed by atoms with van der Waals surface area (Å²) in [4.78, 5) is 0. The lowest BCUT2D eigenvalue weighted by Crippen LogP contribution is -2.14. The van der Waals surface area contributed by atoms with Crippen molar-refractivity contribution >= 4 is 0 Å². The van der Waals surface area contributed by atoms with Gasteiger partial charge in [-0.15, -0.1) is 0 Å². The second-order valence-electron chi connectivity index (χ2n) is 4.21. The van der Waals surface area contributed by atoms with Gasteiger partial charge >= 0.3 is 0 Å². The Morgan fingerprint density at radius 2 is 2.06 bits per heavy atom. The first-order valence-electron chi connectivity index (χ1n) is 6.35. The van der Waals surface area contributed by atoms with E-state index in [2.05, 4.69) is 12.2 Å². The number of benzene rings is 1. The smallest absolute Gasteiger partial charge is 0.162 e. The predicted octanol–water partition coefficient (Wildman–Crippen LogP) is 3.07. The maximum absolute atomic E-state index is 9.86. The first-order chi connectivity index (χ1) is 8.29. The highest BCUT2D eigenvalue weighted by Crippen LogP contribution is 2.28. The lowest BCUT2D eigenvalue weighted by molar-refractivity contribution is 0.369. The second kappa shape index (κ2) is 7.96. The third kappa shape index (κ3) is 4.65. The number of phenols is 1. The summed E-state index contributed by atoms with van der Waals surface area (Å²) in [6.07, 6.45) is 5.02. The average molecular weight is 237 g/mol. The van der Waals surface area contributed by atoms with Crippen LogP contribution in [0.1, 0.15) is 38.2 Å². The summed E-state index contributed by atoms with van der Waals surface area (Å²) in [5, 5.41) is 13.2. The van der Waals surface area contributed by atoms with E-state index >= 15 is 0 Å². The molecule has 96 valence electrons. The maximum atomic E-state index is 9.86. The van der Waals surface area contributed by atoms with Crippen LogP contribution in [0.4, 0.5) is 0 Å². The summed E-state index contributed by atoms with van der Waals surface area (Å²) < 4.78 is 5.07. The molecule has 0 heterocycles. The van der Waals surface area contributed by atoms with Crippen LogP contribution in [0.3, 0.4) is 0 Å². The molecule has 0 spiro atoms. The van der Waals surface area contributed by atoms with Crippen LogP contribution < -0.4 is 10.1 Å². The lowest BCUT2D eigenvalue weighted by Gasteiger charge is -2.09. The standard InChI is InChI=1S/C14H23NO2/c1-3-4-5-6-10-15-11-12-8-7-9-13(17-2)14(12)16/h7-9,15-16H,3-6,10-11H2,1-2H3. The van der Waals surface area contributed by atoms with Gasteiger partial charge in [-0.3, -0.25) is 0 Å². The van der Waals surface area contributed by atoms with Gasteiger partial charge in [0, 0.05) is 12.1 Å². The number of hydrogen-bond donors (Lipinski definition) is 2. The number of methoxy groups -OCH3 is 1. The highest BCUT2D eigenvalue weighted by Gasteiger charge is 2.05. The molecular weight excluding hydrogens is 214 g/mol. The normalized spacial score (nSPS) is 10.5. The van der Waals surface area contributed by atoms with Gasteiger partial charge in [-0.05, 0) is 19.0 Å². The van der Waals surface area contributed by atoms with Crippen molar-refractivity contribution in [3.63, 3.8) is 0 Å². The molecule has 0 unspecified atom stereocenters. The van der Waals surface area contributed by atoms with Crippen molar-refractivity contribution in [1.82, 2.24) is 5.32 Å². The van der Waals surface area contributed by atoms with Gasteiger partial charge in [-0.2, -0.15) is 0 Å². The summed E-state index contributed by atoms with van der Waals surface area (Å²) in [5.74, 6) is 0.784. The zero-order valence-electron chi connectivity index (χ0n) is 10.8. The summed E-state index contributed by atoms with van der Waals surface area (Å²) >= 11 is 0. The number of aromatic hydroxyl groups is 1. The lowest BCUT2D eigenvalue weighted by atomic mass is 10.1. The minimum atomic E-state index is 0.246. The molecule has 1 aromatic carbocycles. The molecule has 0 aliphatic carbocycles. The van der Waals surface area contributed by atoms with E-state index in [9.17, 15) is 5.11 Å². The molecule has 3 nitrogen and oxygen atoms in total. The Hall–Kier alpha value is -1.22. The van der Waals surface area contributed by atoms with Crippen LogP contribution in [0.15, 0.2) is 18.2 Å². The highest BCUT2D eigenvalue weighted by atomic mass is 16.5. The van der Waals surface area contributed by atoms with Gasteiger partial charge in [0.25, 0.3) is 0 Å². The number of para-hydroxylation sites is 1. The zero-order valence-corrected chi connectivity index (χ0v) is 10.8. The topological polar surface area (TPSA) is 41.5 Å². The predicted molar refractivity (Wildman–Crippen MR) is 70.5 cm³/mol. The molecule has 0 amide bonds. The summed E-state index contributed by atoms with van der Waals surface area (Å²) in [6.45, 7) is 3.90. The number of phenolic OH excluding ortho intramolecular Hbond substituents is 1. The molecule has 0 radical (unpaired) electrons. The van der Waals surface area contributed by atoms with E-state index in [0.29, 0.717) is 12.3 Å². The summed E-state index contributed by atoms with van der Waals surface area (Å²) in [7, 11) is 1.57. The number of rotatable bonds is 8. The van der Waals surface area contributed by atoms with Gasteiger partial charge in [0.05, 0.1) is 7.11 Å². The van der Waals surface area contributed by atoms with Crippen molar-refractivity contribution < 1.29 is 9.84 Å². The Morgan fingerprint density at radius 1 is 1.24 bits per heavy atom. The van der Waals surface area contributed by atoms with Crippen LogP contribution in [0.5, 0.6) is 11.5 Å². The number of unbranched alkanes of at least 4 members (excludes halogenated alkanes) is 3. The first kappa shape index (κ1) is 13.8. The van der Waals surface area contributed by atoms with E-state index in [4.69, 9.17) is 4.74 Å². The number of hydrogen-bond acceptors (Lipinski definition) is 3. The summed E-state index contributed by atoms with van der Waals surface area (Å²) in [6, 6.07) is 5.57. The molecular formula is C14H23NO2. The third-order valence-electron chi connectivity index (χ3n) is 2.83. The second-order valence-corrected chi connectivity index (χ2v) is 4.21. The SMILES string of the molecule is CCCCCCNCc1cccc(OC)c1O. The van der Waals surface area contributed by atoms with E-state index in [1.54, 1.807) is 13.2 Å². The monoisotopic (exact) mass is 237 g/mol. The van der Waals surface area contributed by atoms with Crippen molar-refractivity contribution in [3.8, 4) is 11.5 Å². The molecule has 1 aromatic rings. The van der Waals surface area contributed by atoms with Crippen molar-refractivity contribution in [3.05, 3.63) is 23.8 Å². The van der Waals surface area contributed by atoms with E-state index in [1.165, 1.54) is 25.7 Å². The molecule has 0 saturated heterocycles. The fraction of sp³-hybridized carbons (Fsp3) is 0.571. The quantitative estimate of drug-likeness (QED) is 0.683. The van der Waals surface area contributed by atoms with Crippen LogP contribution in [0.25, 0.3) is 0 Å². The summed E-state index contributed by atoms with van der Waals surface area (Å²) in [5.41, 5.74) is 0.889. The van der Waals surface area contributed by atoms with Crippen LogP contribution in [-0.2, 0) is 6.54 Å². The first-order valence-corrected chi connectivity index (χ1v) is 6.35. The molecule has 0 aliphatic heterocycles. The number of nitrogens with one attached hydrogen (secondary N) is 1. The third-order valence-corrected chi connectivity index (χ3v) is 2.83. The van der Waals surface area contributed by atoms with Crippen LogP contribution in [0.2, 0.25) is 0 Å². The molecule has 0 fully saturated rings. The Morgan fingerprint density at radius 3 is 2.76 bits per heavy atom.